The second kappa shape index (κ2) is 5.40. The number of hydrogen-bond donors (Lipinski definition) is 1. The van der Waals surface area contributed by atoms with E-state index in [1.54, 1.807) is 7.11 Å². The molecule has 1 aromatic heterocycles. The first kappa shape index (κ1) is 13.4. The number of aromatic amines is 1. The van der Waals surface area contributed by atoms with Gasteiger partial charge in [0.05, 0.1) is 12.8 Å². The minimum Gasteiger partial charge on any atom is -0.496 e. The van der Waals surface area contributed by atoms with E-state index in [4.69, 9.17) is 4.74 Å². The molecule has 5 heteroatoms. The molecule has 20 heavy (non-hydrogen) atoms. The molecular weight excluding hydrogens is 320 g/mol. The van der Waals surface area contributed by atoms with Gasteiger partial charge in [-0.1, -0.05) is 18.2 Å². The number of benzene rings is 1. The lowest BCUT2D eigenvalue weighted by Crippen LogP contribution is -2.15. The molecule has 4 nitrogen and oxygen atoms in total. The van der Waals surface area contributed by atoms with Crippen LogP contribution in [0.1, 0.15) is 35.8 Å². The third-order valence-corrected chi connectivity index (χ3v) is 4.22. The molecule has 0 amide bonds. The Labute approximate surface area is 125 Å². The lowest BCUT2D eigenvalue weighted by Gasteiger charge is -2.09. The zero-order chi connectivity index (χ0) is 14.1. The van der Waals surface area contributed by atoms with Crippen molar-refractivity contribution in [1.29, 1.82) is 0 Å². The second-order valence-electron chi connectivity index (χ2n) is 4.97. The average molecular weight is 335 g/mol. The second-order valence-corrected chi connectivity index (χ2v) is 5.77. The first-order valence-corrected chi connectivity index (χ1v) is 7.39. The van der Waals surface area contributed by atoms with Crippen LogP contribution >= 0.6 is 15.9 Å². The van der Waals surface area contributed by atoms with Crippen molar-refractivity contribution in [3.05, 3.63) is 56.2 Å². The third kappa shape index (κ3) is 2.63. The van der Waals surface area contributed by atoms with E-state index in [0.717, 1.165) is 29.8 Å². The number of hydrogen-bond acceptors (Lipinski definition) is 3. The summed E-state index contributed by atoms with van der Waals surface area (Å²) in [5.74, 6) is 1.93. The van der Waals surface area contributed by atoms with E-state index in [0.29, 0.717) is 22.6 Å². The molecule has 0 bridgehead atoms. The van der Waals surface area contributed by atoms with Crippen LogP contribution < -0.4 is 10.3 Å². The van der Waals surface area contributed by atoms with Crippen LogP contribution in [0.4, 0.5) is 0 Å². The summed E-state index contributed by atoms with van der Waals surface area (Å²) in [7, 11) is 1.65. The molecule has 0 unspecified atom stereocenters. The maximum atomic E-state index is 12.0. The van der Waals surface area contributed by atoms with Crippen molar-refractivity contribution in [3.63, 3.8) is 0 Å². The Morgan fingerprint density at radius 2 is 2.15 bits per heavy atom. The molecule has 0 spiro atoms. The van der Waals surface area contributed by atoms with E-state index < -0.39 is 0 Å². The molecule has 1 fully saturated rings. The number of ether oxygens (including phenoxy) is 1. The molecule has 0 saturated heterocycles. The van der Waals surface area contributed by atoms with Gasteiger partial charge in [-0.3, -0.25) is 4.79 Å². The summed E-state index contributed by atoms with van der Waals surface area (Å²) in [5, 5.41) is 0. The third-order valence-electron chi connectivity index (χ3n) is 3.45. The summed E-state index contributed by atoms with van der Waals surface area (Å²) >= 11 is 3.34. The van der Waals surface area contributed by atoms with Crippen molar-refractivity contribution < 1.29 is 4.74 Å². The Hall–Kier alpha value is -1.62. The van der Waals surface area contributed by atoms with Gasteiger partial charge in [-0.15, -0.1) is 0 Å². The molecule has 1 aliphatic carbocycles. The van der Waals surface area contributed by atoms with Crippen LogP contribution in [0.2, 0.25) is 0 Å². The Morgan fingerprint density at radius 3 is 2.85 bits per heavy atom. The molecule has 1 saturated carbocycles. The van der Waals surface area contributed by atoms with Crippen LogP contribution in [0.15, 0.2) is 33.5 Å². The summed E-state index contributed by atoms with van der Waals surface area (Å²) in [6, 6.07) is 7.78. The smallest absolute Gasteiger partial charge is 0.265 e. The largest absolute Gasteiger partial charge is 0.496 e. The summed E-state index contributed by atoms with van der Waals surface area (Å²) in [6.07, 6.45) is 2.79. The number of para-hydroxylation sites is 1. The molecule has 1 aromatic carbocycles. The maximum Gasteiger partial charge on any atom is 0.265 e. The first-order valence-electron chi connectivity index (χ1n) is 6.59. The van der Waals surface area contributed by atoms with E-state index in [1.807, 2.05) is 24.3 Å². The van der Waals surface area contributed by atoms with Crippen LogP contribution in [-0.2, 0) is 6.42 Å². The first-order chi connectivity index (χ1) is 9.69. The Bertz CT molecular complexity index is 693. The number of nitrogens with one attached hydrogen (secondary N) is 1. The van der Waals surface area contributed by atoms with Crippen LogP contribution in [0.25, 0.3) is 0 Å². The van der Waals surface area contributed by atoms with Gasteiger partial charge in [-0.25, -0.2) is 4.98 Å². The quantitative estimate of drug-likeness (QED) is 0.934. The maximum absolute atomic E-state index is 12.0. The normalized spacial score (nSPS) is 14.3. The molecule has 1 heterocycles. The molecule has 1 aliphatic rings. The molecule has 0 aliphatic heterocycles. The van der Waals surface area contributed by atoms with Crippen molar-refractivity contribution in [2.45, 2.75) is 25.2 Å². The van der Waals surface area contributed by atoms with Gasteiger partial charge in [-0.05, 0) is 34.8 Å². The predicted molar refractivity (Wildman–Crippen MR) is 80.3 cm³/mol. The van der Waals surface area contributed by atoms with E-state index in [2.05, 4.69) is 25.9 Å². The number of H-pyrrole nitrogens is 1. The fraction of sp³-hybridized carbons (Fsp3) is 0.333. The Morgan fingerprint density at radius 1 is 1.40 bits per heavy atom. The van der Waals surface area contributed by atoms with Gasteiger partial charge in [0.25, 0.3) is 5.56 Å². The highest BCUT2D eigenvalue weighted by Crippen LogP contribution is 2.41. The highest BCUT2D eigenvalue weighted by Gasteiger charge is 2.28. The van der Waals surface area contributed by atoms with Gasteiger partial charge in [-0.2, -0.15) is 0 Å². The predicted octanol–water partition coefficient (Wildman–Crippen LogP) is 3.01. The van der Waals surface area contributed by atoms with Crippen molar-refractivity contribution in [2.75, 3.05) is 7.11 Å². The van der Waals surface area contributed by atoms with E-state index in [-0.39, 0.29) is 5.56 Å². The highest BCUT2D eigenvalue weighted by molar-refractivity contribution is 9.10. The topological polar surface area (TPSA) is 55.0 Å². The zero-order valence-corrected chi connectivity index (χ0v) is 12.7. The standard InChI is InChI=1S/C15H15BrN2O2/c1-20-11-5-3-2-4-10(11)8-12-17-14(9-6-7-9)13(16)15(19)18-12/h2-5,9H,6-8H2,1H3,(H,17,18,19). The van der Waals surface area contributed by atoms with Gasteiger partial charge in [0, 0.05) is 17.9 Å². The van der Waals surface area contributed by atoms with Crippen molar-refractivity contribution in [1.82, 2.24) is 9.97 Å². The number of halogens is 1. The fourth-order valence-electron chi connectivity index (χ4n) is 2.27. The van der Waals surface area contributed by atoms with Crippen LogP contribution in [0, 0.1) is 0 Å². The minimum atomic E-state index is -0.105. The number of aromatic nitrogens is 2. The summed E-state index contributed by atoms with van der Waals surface area (Å²) in [4.78, 5) is 19.4. The number of nitrogens with zero attached hydrogens (tertiary/aromatic N) is 1. The van der Waals surface area contributed by atoms with E-state index >= 15 is 0 Å². The van der Waals surface area contributed by atoms with Crippen LogP contribution in [-0.4, -0.2) is 17.1 Å². The lowest BCUT2D eigenvalue weighted by molar-refractivity contribution is 0.410. The molecule has 0 radical (unpaired) electrons. The number of methoxy groups -OCH3 is 1. The zero-order valence-electron chi connectivity index (χ0n) is 11.1. The van der Waals surface area contributed by atoms with Crippen molar-refractivity contribution >= 4 is 15.9 Å². The van der Waals surface area contributed by atoms with Crippen molar-refractivity contribution in [2.24, 2.45) is 0 Å². The average Bonchev–Trinajstić information content (AvgIpc) is 3.28. The van der Waals surface area contributed by atoms with Crippen molar-refractivity contribution in [3.8, 4) is 5.75 Å². The summed E-state index contributed by atoms with van der Waals surface area (Å²) < 4.78 is 5.91. The molecule has 2 aromatic rings. The van der Waals surface area contributed by atoms with E-state index in [9.17, 15) is 4.79 Å². The SMILES string of the molecule is COc1ccccc1Cc1nc(C2CC2)c(Br)c(=O)[nH]1. The Kier molecular flexibility index (Phi) is 3.61. The molecule has 1 N–H and O–H groups in total. The molecular formula is C15H15BrN2O2. The molecule has 3 rings (SSSR count). The van der Waals surface area contributed by atoms with Gasteiger partial charge >= 0.3 is 0 Å². The summed E-state index contributed by atoms with van der Waals surface area (Å²) in [5.41, 5.74) is 1.80. The lowest BCUT2D eigenvalue weighted by atomic mass is 10.1. The molecule has 104 valence electrons. The van der Waals surface area contributed by atoms with Crippen LogP contribution in [0.3, 0.4) is 0 Å². The monoisotopic (exact) mass is 334 g/mol. The summed E-state index contributed by atoms with van der Waals surface area (Å²) in [6.45, 7) is 0. The highest BCUT2D eigenvalue weighted by atomic mass is 79.9. The van der Waals surface area contributed by atoms with E-state index in [1.165, 1.54) is 0 Å². The number of rotatable bonds is 4. The minimum absolute atomic E-state index is 0.105. The fourth-order valence-corrected chi connectivity index (χ4v) is 2.78. The van der Waals surface area contributed by atoms with Gasteiger partial charge in [0.2, 0.25) is 0 Å². The molecule has 0 atom stereocenters. The van der Waals surface area contributed by atoms with Gasteiger partial charge in [0.1, 0.15) is 16.0 Å². The Balaban J connectivity index is 1.96. The van der Waals surface area contributed by atoms with Crippen LogP contribution in [0.5, 0.6) is 5.75 Å². The van der Waals surface area contributed by atoms with Gasteiger partial charge < -0.3 is 9.72 Å². The van der Waals surface area contributed by atoms with Gasteiger partial charge in [0.15, 0.2) is 0 Å².